The first-order valence-electron chi connectivity index (χ1n) is 5.43. The largest absolute Gasteiger partial charge is 0.382 e. The lowest BCUT2D eigenvalue weighted by atomic mass is 10.0. The van der Waals surface area contributed by atoms with Crippen LogP contribution < -0.4 is 11.5 Å². The van der Waals surface area contributed by atoms with Gasteiger partial charge in [0.05, 0.1) is 5.69 Å². The fourth-order valence-corrected chi connectivity index (χ4v) is 1.70. The third-order valence-corrected chi connectivity index (χ3v) is 2.85. The van der Waals surface area contributed by atoms with E-state index in [0.717, 1.165) is 11.1 Å². The van der Waals surface area contributed by atoms with E-state index in [-0.39, 0.29) is 17.3 Å². The molecule has 0 aliphatic rings. The molecule has 18 heavy (non-hydrogen) atoms. The highest BCUT2D eigenvalue weighted by Gasteiger charge is 2.13. The number of aryl methyl sites for hydroxylation is 2. The molecule has 5 heteroatoms. The molecule has 90 valence electrons. The van der Waals surface area contributed by atoms with Crippen LogP contribution in [0.2, 0.25) is 0 Å². The monoisotopic (exact) mass is 239 g/mol. The molecule has 1 heterocycles. The van der Waals surface area contributed by atoms with Crippen molar-refractivity contribution in [3.63, 3.8) is 0 Å². The van der Waals surface area contributed by atoms with Crippen molar-refractivity contribution in [2.24, 2.45) is 0 Å². The van der Waals surface area contributed by atoms with Crippen LogP contribution in [0.1, 0.15) is 16.7 Å². The van der Waals surface area contributed by atoms with E-state index < -0.39 is 0 Å². The van der Waals surface area contributed by atoms with E-state index in [2.05, 4.69) is 9.97 Å². The maximum Gasteiger partial charge on any atom is 0.222 e. The standard InChI is InChI=1S/C13H13N5/c1-7-3-4-9(5-8(7)2)11-10(6-14)12(15)18-13(16)17-11/h3-5H,1-2H3,(H4,15,16,17,18). The summed E-state index contributed by atoms with van der Waals surface area (Å²) >= 11 is 0. The summed E-state index contributed by atoms with van der Waals surface area (Å²) in [6.45, 7) is 4.02. The van der Waals surface area contributed by atoms with Crippen molar-refractivity contribution in [1.82, 2.24) is 9.97 Å². The van der Waals surface area contributed by atoms with Gasteiger partial charge in [-0.25, -0.2) is 4.98 Å². The molecule has 0 atom stereocenters. The van der Waals surface area contributed by atoms with Gasteiger partial charge in [0.25, 0.3) is 0 Å². The number of nitriles is 1. The molecule has 2 rings (SSSR count). The molecule has 0 spiro atoms. The minimum absolute atomic E-state index is 0.0692. The van der Waals surface area contributed by atoms with E-state index in [1.807, 2.05) is 38.1 Å². The molecule has 2 aromatic rings. The Balaban J connectivity index is 2.70. The second kappa shape index (κ2) is 4.34. The lowest BCUT2D eigenvalue weighted by molar-refractivity contribution is 1.18. The van der Waals surface area contributed by atoms with Crippen molar-refractivity contribution in [2.45, 2.75) is 13.8 Å². The number of hydrogen-bond acceptors (Lipinski definition) is 5. The Morgan fingerprint density at radius 1 is 1.11 bits per heavy atom. The second-order valence-electron chi connectivity index (χ2n) is 4.10. The molecule has 0 fully saturated rings. The molecule has 0 aliphatic heterocycles. The van der Waals surface area contributed by atoms with Crippen LogP contribution in [-0.2, 0) is 0 Å². The van der Waals surface area contributed by atoms with E-state index in [0.29, 0.717) is 5.69 Å². The molecule has 1 aromatic heterocycles. The van der Waals surface area contributed by atoms with Crippen molar-refractivity contribution >= 4 is 11.8 Å². The number of anilines is 2. The summed E-state index contributed by atoms with van der Waals surface area (Å²) < 4.78 is 0. The summed E-state index contributed by atoms with van der Waals surface area (Å²) in [7, 11) is 0. The molecule has 0 saturated heterocycles. The first-order chi connectivity index (χ1) is 8.52. The topological polar surface area (TPSA) is 102 Å². The SMILES string of the molecule is Cc1ccc(-c2nc(N)nc(N)c2C#N)cc1C. The molecule has 0 saturated carbocycles. The number of nitrogens with zero attached hydrogens (tertiary/aromatic N) is 3. The first-order valence-corrected chi connectivity index (χ1v) is 5.43. The van der Waals surface area contributed by atoms with Crippen LogP contribution in [0.25, 0.3) is 11.3 Å². The Labute approximate surface area is 105 Å². The maximum atomic E-state index is 9.12. The van der Waals surface area contributed by atoms with Gasteiger partial charge in [-0.05, 0) is 31.0 Å². The summed E-state index contributed by atoms with van der Waals surface area (Å²) in [6.07, 6.45) is 0. The second-order valence-corrected chi connectivity index (χ2v) is 4.10. The number of benzene rings is 1. The van der Waals surface area contributed by atoms with Gasteiger partial charge in [-0.15, -0.1) is 0 Å². The highest BCUT2D eigenvalue weighted by atomic mass is 15.0. The van der Waals surface area contributed by atoms with E-state index in [1.54, 1.807) is 0 Å². The van der Waals surface area contributed by atoms with Gasteiger partial charge in [0.15, 0.2) is 0 Å². The number of rotatable bonds is 1. The Hall–Kier alpha value is -2.61. The van der Waals surface area contributed by atoms with Gasteiger partial charge in [0.2, 0.25) is 5.95 Å². The van der Waals surface area contributed by atoms with Crippen LogP contribution in [0.5, 0.6) is 0 Å². The van der Waals surface area contributed by atoms with Crippen LogP contribution in [0.4, 0.5) is 11.8 Å². The fraction of sp³-hybridized carbons (Fsp3) is 0.154. The molecule has 4 N–H and O–H groups in total. The average Bonchev–Trinajstić information content (AvgIpc) is 2.32. The van der Waals surface area contributed by atoms with Gasteiger partial charge in [0.1, 0.15) is 17.5 Å². The van der Waals surface area contributed by atoms with E-state index >= 15 is 0 Å². The van der Waals surface area contributed by atoms with Crippen LogP contribution in [0, 0.1) is 25.2 Å². The smallest absolute Gasteiger partial charge is 0.222 e. The van der Waals surface area contributed by atoms with Gasteiger partial charge in [-0.3, -0.25) is 0 Å². The average molecular weight is 239 g/mol. The zero-order valence-corrected chi connectivity index (χ0v) is 10.2. The van der Waals surface area contributed by atoms with Crippen molar-refractivity contribution in [3.8, 4) is 17.3 Å². The number of nitrogens with two attached hydrogens (primary N) is 2. The Morgan fingerprint density at radius 2 is 1.83 bits per heavy atom. The van der Waals surface area contributed by atoms with Crippen LogP contribution in [-0.4, -0.2) is 9.97 Å². The highest BCUT2D eigenvalue weighted by Crippen LogP contribution is 2.26. The van der Waals surface area contributed by atoms with Gasteiger partial charge >= 0.3 is 0 Å². The molecule has 0 bridgehead atoms. The minimum atomic E-state index is 0.0692. The van der Waals surface area contributed by atoms with Crippen LogP contribution in [0.15, 0.2) is 18.2 Å². The normalized spacial score (nSPS) is 10.1. The van der Waals surface area contributed by atoms with E-state index in [1.165, 1.54) is 5.56 Å². The predicted molar refractivity (Wildman–Crippen MR) is 70.5 cm³/mol. The lowest BCUT2D eigenvalue weighted by Crippen LogP contribution is -2.05. The summed E-state index contributed by atoms with van der Waals surface area (Å²) in [4.78, 5) is 7.90. The molecular weight excluding hydrogens is 226 g/mol. The molecule has 0 unspecified atom stereocenters. The lowest BCUT2D eigenvalue weighted by Gasteiger charge is -2.08. The van der Waals surface area contributed by atoms with E-state index in [9.17, 15) is 0 Å². The summed E-state index contributed by atoms with van der Waals surface area (Å²) in [5, 5.41) is 9.12. The minimum Gasteiger partial charge on any atom is -0.382 e. The van der Waals surface area contributed by atoms with Crippen molar-refractivity contribution in [3.05, 3.63) is 34.9 Å². The number of aromatic nitrogens is 2. The third-order valence-electron chi connectivity index (χ3n) is 2.85. The zero-order valence-electron chi connectivity index (χ0n) is 10.2. The molecule has 0 aliphatic carbocycles. The molecular formula is C13H13N5. The first kappa shape index (κ1) is 11.9. The van der Waals surface area contributed by atoms with Gasteiger partial charge in [0, 0.05) is 5.56 Å². The molecule has 1 aromatic carbocycles. The summed E-state index contributed by atoms with van der Waals surface area (Å²) in [5.74, 6) is 0.179. The predicted octanol–water partition coefficient (Wildman–Crippen LogP) is 1.80. The zero-order chi connectivity index (χ0) is 13.3. The Morgan fingerprint density at radius 3 is 2.44 bits per heavy atom. The van der Waals surface area contributed by atoms with Crippen molar-refractivity contribution < 1.29 is 0 Å². The fourth-order valence-electron chi connectivity index (χ4n) is 1.70. The van der Waals surface area contributed by atoms with Crippen LogP contribution >= 0.6 is 0 Å². The third kappa shape index (κ3) is 1.96. The summed E-state index contributed by atoms with van der Waals surface area (Å²) in [6, 6.07) is 7.84. The Bertz CT molecular complexity index is 655. The molecule has 0 amide bonds. The maximum absolute atomic E-state index is 9.12. The van der Waals surface area contributed by atoms with Gasteiger partial charge in [-0.2, -0.15) is 10.2 Å². The van der Waals surface area contributed by atoms with Gasteiger partial charge in [-0.1, -0.05) is 12.1 Å². The van der Waals surface area contributed by atoms with Gasteiger partial charge < -0.3 is 11.5 Å². The highest BCUT2D eigenvalue weighted by molar-refractivity contribution is 5.73. The number of hydrogen-bond donors (Lipinski definition) is 2. The van der Waals surface area contributed by atoms with Crippen molar-refractivity contribution in [2.75, 3.05) is 11.5 Å². The molecule has 0 radical (unpaired) electrons. The quantitative estimate of drug-likeness (QED) is 0.790. The summed E-state index contributed by atoms with van der Waals surface area (Å²) in [5.41, 5.74) is 15.1. The molecule has 5 nitrogen and oxygen atoms in total. The van der Waals surface area contributed by atoms with E-state index in [4.69, 9.17) is 16.7 Å². The van der Waals surface area contributed by atoms with Crippen LogP contribution in [0.3, 0.4) is 0 Å². The van der Waals surface area contributed by atoms with Crippen molar-refractivity contribution in [1.29, 1.82) is 5.26 Å². The number of nitrogen functional groups attached to an aromatic ring is 2. The Kier molecular flexibility index (Phi) is 2.86.